The van der Waals surface area contributed by atoms with Gasteiger partial charge in [0.25, 0.3) is 11.6 Å². The van der Waals surface area contributed by atoms with Crippen molar-refractivity contribution in [2.75, 3.05) is 13.1 Å². The highest BCUT2D eigenvalue weighted by atomic mass is 16.6. The fourth-order valence-corrected chi connectivity index (χ4v) is 3.02. The number of hydrogen-bond acceptors (Lipinski definition) is 5. The molecule has 0 aliphatic carbocycles. The lowest BCUT2D eigenvalue weighted by Gasteiger charge is -2.30. The Morgan fingerprint density at radius 3 is 2.83 bits per heavy atom. The first-order valence-electron chi connectivity index (χ1n) is 7.53. The number of likely N-dealkylation sites (tertiary alicyclic amines) is 1. The molecule has 124 valence electrons. The molecule has 1 amide bonds. The number of aliphatic carboxylic acids is 1. The van der Waals surface area contributed by atoms with Gasteiger partial charge < -0.3 is 10.0 Å². The van der Waals surface area contributed by atoms with E-state index >= 15 is 0 Å². The number of fused-ring (bicyclic) bond motifs is 1. The molecule has 1 saturated heterocycles. The first kappa shape index (κ1) is 15.9. The zero-order valence-electron chi connectivity index (χ0n) is 12.7. The topological polar surface area (TPSA) is 114 Å². The van der Waals surface area contributed by atoms with Crippen LogP contribution in [0.2, 0.25) is 0 Å². The van der Waals surface area contributed by atoms with Crippen LogP contribution >= 0.6 is 0 Å². The molecule has 2 aromatic rings. The van der Waals surface area contributed by atoms with Crippen molar-refractivity contribution in [1.29, 1.82) is 0 Å². The quantitative estimate of drug-likeness (QED) is 0.681. The molecule has 8 nitrogen and oxygen atoms in total. The number of nitro benzene ring substituents is 1. The summed E-state index contributed by atoms with van der Waals surface area (Å²) in [5.41, 5.74) is 0.396. The minimum atomic E-state index is -0.917. The summed E-state index contributed by atoms with van der Waals surface area (Å²) in [5.74, 6) is -1.85. The van der Waals surface area contributed by atoms with Crippen molar-refractivity contribution in [2.45, 2.75) is 12.8 Å². The third kappa shape index (κ3) is 2.78. The summed E-state index contributed by atoms with van der Waals surface area (Å²) in [6, 6.07) is 5.80. The molecule has 1 unspecified atom stereocenters. The molecule has 1 fully saturated rings. The minimum Gasteiger partial charge on any atom is -0.481 e. The molecule has 1 atom stereocenters. The second-order valence-electron chi connectivity index (χ2n) is 5.72. The Balaban J connectivity index is 2.00. The largest absolute Gasteiger partial charge is 0.481 e. The van der Waals surface area contributed by atoms with Gasteiger partial charge in [-0.15, -0.1) is 0 Å². The van der Waals surface area contributed by atoms with Crippen molar-refractivity contribution in [3.63, 3.8) is 0 Å². The Bertz CT molecular complexity index is 836. The van der Waals surface area contributed by atoms with Crippen molar-refractivity contribution in [2.24, 2.45) is 5.92 Å². The fraction of sp³-hybridized carbons (Fsp3) is 0.312. The highest BCUT2D eigenvalue weighted by Gasteiger charge is 2.30. The first-order chi connectivity index (χ1) is 11.5. The molecule has 0 bridgehead atoms. The second-order valence-corrected chi connectivity index (χ2v) is 5.72. The molecule has 3 rings (SSSR count). The number of nitro groups is 1. The number of non-ortho nitro benzene ring substituents is 1. The van der Waals surface area contributed by atoms with Gasteiger partial charge in [-0.05, 0) is 31.0 Å². The zero-order chi connectivity index (χ0) is 17.3. The van der Waals surface area contributed by atoms with Crippen LogP contribution in [0.3, 0.4) is 0 Å². The molecule has 1 N–H and O–H groups in total. The van der Waals surface area contributed by atoms with Crippen LogP contribution in [0.1, 0.15) is 23.2 Å². The molecule has 24 heavy (non-hydrogen) atoms. The lowest BCUT2D eigenvalue weighted by Crippen LogP contribution is -2.42. The molecular weight excluding hydrogens is 314 g/mol. The van der Waals surface area contributed by atoms with Crippen LogP contribution in [0.5, 0.6) is 0 Å². The van der Waals surface area contributed by atoms with Gasteiger partial charge in [-0.25, -0.2) is 0 Å². The van der Waals surface area contributed by atoms with Gasteiger partial charge in [0.2, 0.25) is 0 Å². The summed E-state index contributed by atoms with van der Waals surface area (Å²) in [5, 5.41) is 20.6. The molecule has 1 aromatic heterocycles. The standard InChI is InChI=1S/C16H15N3O5/c20-15(18-8-2-3-10(9-18)16(21)22)12-5-6-13(19(23)24)11-4-1-7-17-14(11)12/h1,4-7,10H,2-3,8-9H2,(H,21,22). The van der Waals surface area contributed by atoms with E-state index in [1.807, 2.05) is 0 Å². The number of carbonyl (C=O) groups excluding carboxylic acids is 1. The molecule has 8 heteroatoms. The van der Waals surface area contributed by atoms with Gasteiger partial charge in [0.1, 0.15) is 0 Å². The number of hydrogen-bond donors (Lipinski definition) is 1. The summed E-state index contributed by atoms with van der Waals surface area (Å²) >= 11 is 0. The van der Waals surface area contributed by atoms with E-state index in [0.717, 1.165) is 0 Å². The average molecular weight is 329 g/mol. The third-order valence-corrected chi connectivity index (χ3v) is 4.23. The zero-order valence-corrected chi connectivity index (χ0v) is 12.7. The van der Waals surface area contributed by atoms with Crippen molar-refractivity contribution < 1.29 is 19.6 Å². The van der Waals surface area contributed by atoms with Crippen LogP contribution in [0.15, 0.2) is 30.5 Å². The molecule has 0 spiro atoms. The van der Waals surface area contributed by atoms with Crippen molar-refractivity contribution in [3.05, 3.63) is 46.1 Å². The molecular formula is C16H15N3O5. The van der Waals surface area contributed by atoms with Gasteiger partial charge in [0.15, 0.2) is 0 Å². The molecule has 1 aromatic carbocycles. The summed E-state index contributed by atoms with van der Waals surface area (Å²) in [6.45, 7) is 0.605. The summed E-state index contributed by atoms with van der Waals surface area (Å²) in [6.07, 6.45) is 2.62. The fourth-order valence-electron chi connectivity index (χ4n) is 3.02. The Labute approximate surface area is 136 Å². The van der Waals surface area contributed by atoms with E-state index < -0.39 is 16.8 Å². The lowest BCUT2D eigenvalue weighted by atomic mass is 9.97. The van der Waals surface area contributed by atoms with E-state index in [0.29, 0.717) is 24.8 Å². The van der Waals surface area contributed by atoms with Crippen molar-refractivity contribution >= 4 is 28.5 Å². The lowest BCUT2D eigenvalue weighted by molar-refractivity contribution is -0.383. The maximum absolute atomic E-state index is 12.8. The number of benzene rings is 1. The van der Waals surface area contributed by atoms with E-state index in [1.165, 1.54) is 23.2 Å². The Kier molecular flexibility index (Phi) is 4.11. The maximum atomic E-state index is 12.8. The number of nitrogens with zero attached hydrogens (tertiary/aromatic N) is 3. The van der Waals surface area contributed by atoms with Gasteiger partial charge in [0.05, 0.1) is 27.3 Å². The van der Waals surface area contributed by atoms with E-state index in [1.54, 1.807) is 12.1 Å². The second kappa shape index (κ2) is 6.23. The SMILES string of the molecule is O=C(O)C1CCCN(C(=O)c2ccc([N+](=O)[O-])c3cccnc23)C1. The maximum Gasteiger partial charge on any atom is 0.308 e. The summed E-state index contributed by atoms with van der Waals surface area (Å²) in [7, 11) is 0. The van der Waals surface area contributed by atoms with Gasteiger partial charge in [-0.3, -0.25) is 24.7 Å². The highest BCUT2D eigenvalue weighted by Crippen LogP contribution is 2.28. The Morgan fingerprint density at radius 1 is 1.33 bits per heavy atom. The van der Waals surface area contributed by atoms with Gasteiger partial charge >= 0.3 is 5.97 Å². The minimum absolute atomic E-state index is 0.114. The highest BCUT2D eigenvalue weighted by molar-refractivity contribution is 6.07. The first-order valence-corrected chi connectivity index (χ1v) is 7.53. The van der Waals surface area contributed by atoms with E-state index in [-0.39, 0.29) is 29.2 Å². The number of rotatable bonds is 3. The third-order valence-electron chi connectivity index (χ3n) is 4.23. The van der Waals surface area contributed by atoms with Gasteiger partial charge in [0, 0.05) is 25.4 Å². The van der Waals surface area contributed by atoms with Crippen LogP contribution in [0, 0.1) is 16.0 Å². The predicted molar refractivity (Wildman–Crippen MR) is 84.7 cm³/mol. The van der Waals surface area contributed by atoms with Crippen molar-refractivity contribution in [3.8, 4) is 0 Å². The number of carbonyl (C=O) groups is 2. The van der Waals surface area contributed by atoms with Crippen molar-refractivity contribution in [1.82, 2.24) is 9.88 Å². The summed E-state index contributed by atoms with van der Waals surface area (Å²) in [4.78, 5) is 40.2. The van der Waals surface area contributed by atoms with Crippen LogP contribution in [0.4, 0.5) is 5.69 Å². The van der Waals surface area contributed by atoms with Gasteiger partial charge in [-0.1, -0.05) is 0 Å². The number of carboxylic acid groups (broad SMARTS) is 1. The predicted octanol–water partition coefficient (Wildman–Crippen LogP) is 2.08. The number of pyridine rings is 1. The van der Waals surface area contributed by atoms with Crippen LogP contribution in [0.25, 0.3) is 10.9 Å². The van der Waals surface area contributed by atoms with Gasteiger partial charge in [-0.2, -0.15) is 0 Å². The van der Waals surface area contributed by atoms with E-state index in [9.17, 15) is 19.7 Å². The molecule has 0 radical (unpaired) electrons. The Morgan fingerprint density at radius 2 is 2.12 bits per heavy atom. The number of carboxylic acids is 1. The number of aromatic nitrogens is 1. The number of piperidine rings is 1. The molecule has 1 aliphatic heterocycles. The van der Waals surface area contributed by atoms with E-state index in [2.05, 4.69) is 4.98 Å². The summed E-state index contributed by atoms with van der Waals surface area (Å²) < 4.78 is 0. The molecule has 0 saturated carbocycles. The van der Waals surface area contributed by atoms with Crippen LogP contribution in [-0.4, -0.2) is 44.9 Å². The number of amides is 1. The normalized spacial score (nSPS) is 17.7. The smallest absolute Gasteiger partial charge is 0.308 e. The molecule has 1 aliphatic rings. The van der Waals surface area contributed by atoms with E-state index in [4.69, 9.17) is 5.11 Å². The molecule has 2 heterocycles. The van der Waals surface area contributed by atoms with Crippen LogP contribution in [-0.2, 0) is 4.79 Å². The monoisotopic (exact) mass is 329 g/mol. The Hall–Kier alpha value is -3.03. The average Bonchev–Trinajstić information content (AvgIpc) is 2.60. The van der Waals surface area contributed by atoms with Crippen LogP contribution < -0.4 is 0 Å².